The molecule has 8 heteroatoms. The molecule has 0 radical (unpaired) electrons. The van der Waals surface area contributed by atoms with E-state index in [1.54, 1.807) is 6.92 Å². The van der Waals surface area contributed by atoms with E-state index in [0.717, 1.165) is 12.1 Å². The molecule has 2 rings (SSSR count). The predicted molar refractivity (Wildman–Crippen MR) is 63.9 cm³/mol. The number of ether oxygens (including phenoxy) is 1. The van der Waals surface area contributed by atoms with E-state index in [-0.39, 0.29) is 17.7 Å². The minimum atomic E-state index is -4.42. The standard InChI is InChI=1S/C12H11F3N4O/c1-7(16)11-18-5-9(6-19-11)20-10-3-2-8(4-17-10)12(13,14)15/h2-7H,16H2,1H3/t7-/m1/s1. The topological polar surface area (TPSA) is 73.9 Å². The van der Waals surface area contributed by atoms with E-state index in [9.17, 15) is 13.2 Å². The molecule has 2 aromatic heterocycles. The maximum absolute atomic E-state index is 12.4. The van der Waals surface area contributed by atoms with Crippen LogP contribution in [-0.4, -0.2) is 15.0 Å². The molecule has 0 bridgehead atoms. The molecule has 2 aromatic rings. The van der Waals surface area contributed by atoms with Crippen molar-refractivity contribution in [2.24, 2.45) is 5.73 Å². The van der Waals surface area contributed by atoms with Gasteiger partial charge in [0.2, 0.25) is 5.88 Å². The number of hydrogen-bond acceptors (Lipinski definition) is 5. The molecule has 20 heavy (non-hydrogen) atoms. The van der Waals surface area contributed by atoms with Crippen molar-refractivity contribution < 1.29 is 17.9 Å². The molecule has 5 nitrogen and oxygen atoms in total. The maximum atomic E-state index is 12.4. The number of alkyl halides is 3. The Bertz CT molecular complexity index is 567. The largest absolute Gasteiger partial charge is 0.436 e. The van der Waals surface area contributed by atoms with Crippen LogP contribution in [0.25, 0.3) is 0 Å². The smallest absolute Gasteiger partial charge is 0.417 e. The van der Waals surface area contributed by atoms with Gasteiger partial charge in [-0.2, -0.15) is 13.2 Å². The lowest BCUT2D eigenvalue weighted by Crippen LogP contribution is -2.09. The quantitative estimate of drug-likeness (QED) is 0.938. The average molecular weight is 284 g/mol. The Morgan fingerprint density at radius 2 is 1.75 bits per heavy atom. The van der Waals surface area contributed by atoms with Crippen LogP contribution in [0.1, 0.15) is 24.4 Å². The number of nitrogens with zero attached hydrogens (tertiary/aromatic N) is 3. The first kappa shape index (κ1) is 14.2. The Morgan fingerprint density at radius 3 is 2.20 bits per heavy atom. The van der Waals surface area contributed by atoms with E-state index in [1.165, 1.54) is 12.4 Å². The summed E-state index contributed by atoms with van der Waals surface area (Å²) in [6.45, 7) is 1.73. The van der Waals surface area contributed by atoms with Gasteiger partial charge < -0.3 is 10.5 Å². The van der Waals surface area contributed by atoms with E-state index in [4.69, 9.17) is 10.5 Å². The second kappa shape index (κ2) is 5.41. The first-order valence-electron chi connectivity index (χ1n) is 5.65. The fourth-order valence-electron chi connectivity index (χ4n) is 1.34. The summed E-state index contributed by atoms with van der Waals surface area (Å²) >= 11 is 0. The highest BCUT2D eigenvalue weighted by atomic mass is 19.4. The third kappa shape index (κ3) is 3.41. The molecule has 0 aliphatic rings. The molecule has 0 fully saturated rings. The van der Waals surface area contributed by atoms with Crippen molar-refractivity contribution in [1.82, 2.24) is 15.0 Å². The van der Waals surface area contributed by atoms with Gasteiger partial charge in [0.05, 0.1) is 24.0 Å². The zero-order valence-electron chi connectivity index (χ0n) is 10.4. The molecule has 2 heterocycles. The van der Waals surface area contributed by atoms with Gasteiger partial charge in [0.1, 0.15) is 5.82 Å². The SMILES string of the molecule is C[C@@H](N)c1ncc(Oc2ccc(C(F)(F)F)cn2)cn1. The zero-order valence-corrected chi connectivity index (χ0v) is 10.4. The van der Waals surface area contributed by atoms with Crippen LogP contribution < -0.4 is 10.5 Å². The molecule has 0 unspecified atom stereocenters. The molecule has 2 N–H and O–H groups in total. The minimum absolute atomic E-state index is 0.0233. The van der Waals surface area contributed by atoms with Crippen molar-refractivity contribution in [3.63, 3.8) is 0 Å². The normalized spacial score (nSPS) is 13.1. The number of hydrogen-bond donors (Lipinski definition) is 1. The molecule has 0 saturated carbocycles. The van der Waals surface area contributed by atoms with Gasteiger partial charge in [-0.25, -0.2) is 15.0 Å². The van der Waals surface area contributed by atoms with Crippen LogP contribution in [0.2, 0.25) is 0 Å². The number of pyridine rings is 1. The van der Waals surface area contributed by atoms with Gasteiger partial charge in [0.15, 0.2) is 5.75 Å². The molecule has 1 atom stereocenters. The molecule has 0 amide bonds. The molecule has 0 aromatic carbocycles. The maximum Gasteiger partial charge on any atom is 0.417 e. The predicted octanol–water partition coefficient (Wildman–Crippen LogP) is 2.70. The Labute approximate surface area is 112 Å². The highest BCUT2D eigenvalue weighted by molar-refractivity contribution is 5.25. The Hall–Kier alpha value is -2.22. The summed E-state index contributed by atoms with van der Waals surface area (Å²) in [5.41, 5.74) is 4.75. The van der Waals surface area contributed by atoms with Gasteiger partial charge >= 0.3 is 6.18 Å². The van der Waals surface area contributed by atoms with Crippen molar-refractivity contribution in [2.75, 3.05) is 0 Å². The number of aromatic nitrogens is 3. The fraction of sp³-hybridized carbons (Fsp3) is 0.250. The number of halogens is 3. The van der Waals surface area contributed by atoms with Gasteiger partial charge in [0, 0.05) is 12.3 Å². The molecule has 0 spiro atoms. The second-order valence-electron chi connectivity index (χ2n) is 4.05. The van der Waals surface area contributed by atoms with Crippen molar-refractivity contribution in [1.29, 1.82) is 0 Å². The first-order chi connectivity index (χ1) is 9.36. The van der Waals surface area contributed by atoms with Crippen LogP contribution in [-0.2, 0) is 6.18 Å². The molecular formula is C12H11F3N4O. The van der Waals surface area contributed by atoms with Crippen LogP contribution in [0.5, 0.6) is 11.6 Å². The van der Waals surface area contributed by atoms with Gasteiger partial charge in [-0.1, -0.05) is 0 Å². The van der Waals surface area contributed by atoms with Crippen LogP contribution in [0.4, 0.5) is 13.2 Å². The lowest BCUT2D eigenvalue weighted by atomic mass is 10.3. The average Bonchev–Trinajstić information content (AvgIpc) is 2.39. The first-order valence-corrected chi connectivity index (χ1v) is 5.65. The summed E-state index contributed by atoms with van der Waals surface area (Å²) in [5.74, 6) is 0.731. The van der Waals surface area contributed by atoms with Gasteiger partial charge in [-0.15, -0.1) is 0 Å². The Kier molecular flexibility index (Phi) is 3.84. The van der Waals surface area contributed by atoms with E-state index in [1.807, 2.05) is 0 Å². The highest BCUT2D eigenvalue weighted by Gasteiger charge is 2.30. The summed E-state index contributed by atoms with van der Waals surface area (Å²) in [6, 6.07) is 1.70. The van der Waals surface area contributed by atoms with Crippen LogP contribution in [0.15, 0.2) is 30.7 Å². The summed E-state index contributed by atoms with van der Waals surface area (Å²) in [4.78, 5) is 11.5. The van der Waals surface area contributed by atoms with E-state index < -0.39 is 11.7 Å². The summed E-state index contributed by atoms with van der Waals surface area (Å²) in [6.07, 6.45) is -0.962. The van der Waals surface area contributed by atoms with Gasteiger partial charge in [0.25, 0.3) is 0 Å². The monoisotopic (exact) mass is 284 g/mol. The van der Waals surface area contributed by atoms with E-state index >= 15 is 0 Å². The van der Waals surface area contributed by atoms with Crippen molar-refractivity contribution in [2.45, 2.75) is 19.1 Å². The fourth-order valence-corrected chi connectivity index (χ4v) is 1.34. The van der Waals surface area contributed by atoms with Crippen molar-refractivity contribution >= 4 is 0 Å². The minimum Gasteiger partial charge on any atom is -0.436 e. The molecular weight excluding hydrogens is 273 g/mol. The number of rotatable bonds is 3. The molecule has 0 aliphatic heterocycles. The van der Waals surface area contributed by atoms with E-state index in [2.05, 4.69) is 15.0 Å². The Balaban J connectivity index is 2.10. The molecule has 0 aliphatic carbocycles. The van der Waals surface area contributed by atoms with E-state index in [0.29, 0.717) is 12.0 Å². The van der Waals surface area contributed by atoms with Crippen molar-refractivity contribution in [3.8, 4) is 11.6 Å². The summed E-state index contributed by atoms with van der Waals surface area (Å²) in [7, 11) is 0. The lowest BCUT2D eigenvalue weighted by molar-refractivity contribution is -0.137. The van der Waals surface area contributed by atoms with Crippen molar-refractivity contribution in [3.05, 3.63) is 42.1 Å². The summed E-state index contributed by atoms with van der Waals surface area (Å²) in [5, 5.41) is 0. The zero-order chi connectivity index (χ0) is 14.8. The lowest BCUT2D eigenvalue weighted by Gasteiger charge is -2.08. The highest BCUT2D eigenvalue weighted by Crippen LogP contribution is 2.29. The van der Waals surface area contributed by atoms with Crippen LogP contribution >= 0.6 is 0 Å². The third-order valence-corrected chi connectivity index (χ3v) is 2.34. The molecule has 106 valence electrons. The number of nitrogens with two attached hydrogens (primary N) is 1. The third-order valence-electron chi connectivity index (χ3n) is 2.34. The van der Waals surface area contributed by atoms with Crippen LogP contribution in [0.3, 0.4) is 0 Å². The van der Waals surface area contributed by atoms with Gasteiger partial charge in [-0.3, -0.25) is 0 Å². The Morgan fingerprint density at radius 1 is 1.10 bits per heavy atom. The van der Waals surface area contributed by atoms with Crippen LogP contribution in [0, 0.1) is 0 Å². The second-order valence-corrected chi connectivity index (χ2v) is 4.05. The van der Waals surface area contributed by atoms with Gasteiger partial charge in [-0.05, 0) is 13.0 Å². The molecule has 0 saturated heterocycles. The summed E-state index contributed by atoms with van der Waals surface area (Å²) < 4.78 is 42.3.